The number of amides is 2. The van der Waals surface area contributed by atoms with Crippen LogP contribution in [-0.2, 0) is 20.0 Å². The number of carbonyl (C=O) groups excluding carboxylic acids is 3. The first kappa shape index (κ1) is 43.8. The van der Waals surface area contributed by atoms with Crippen LogP contribution in [0.3, 0.4) is 0 Å². The molecule has 5 rings (SSSR count). The van der Waals surface area contributed by atoms with Crippen molar-refractivity contribution in [1.29, 1.82) is 10.5 Å². The summed E-state index contributed by atoms with van der Waals surface area (Å²) in [6.07, 6.45) is 0.851. The monoisotopic (exact) mass is 843 g/mol. The molecule has 0 spiro atoms. The third kappa shape index (κ3) is 11.8. The van der Waals surface area contributed by atoms with Crippen molar-refractivity contribution in [1.82, 2.24) is 20.6 Å². The molecule has 1 saturated heterocycles. The molecule has 0 saturated carbocycles. The summed E-state index contributed by atoms with van der Waals surface area (Å²) in [5, 5.41) is 30.2. The van der Waals surface area contributed by atoms with Gasteiger partial charge in [-0.05, 0) is 84.2 Å². The molecule has 13 nitrogen and oxygen atoms in total. The third-order valence-electron chi connectivity index (χ3n) is 8.66. The molecular weight excluding hydrogens is 798 g/mol. The minimum Gasteiger partial charge on any atom is -0.493 e. The van der Waals surface area contributed by atoms with Crippen LogP contribution in [0.15, 0.2) is 58.9 Å². The zero-order valence-electron chi connectivity index (χ0n) is 33.3. The standard InChI is InChI=1S/C42H46ClN7O6S2/c1-40(2,3)55-38(52)46-25-42(26-51,49-39(53)56-41(4,5)6)17-20-54-31-15-11-27(12-16-31)34-32(21-44)35(50-18-7-8-19-50)48-37(33(34)22-45)58-24-30-23-57-36(47-30)28-9-13-29(43)14-10-28/h9-16,23,26H,7-8,17-20,24-25H2,1-6H3,(H,46,52)(H,49,53)/t42-/m0/s1. The summed E-state index contributed by atoms with van der Waals surface area (Å²) < 4.78 is 16.7. The van der Waals surface area contributed by atoms with Crippen molar-refractivity contribution in [2.75, 3.05) is 31.1 Å². The fourth-order valence-electron chi connectivity index (χ4n) is 6.00. The van der Waals surface area contributed by atoms with Gasteiger partial charge in [0.1, 0.15) is 62.3 Å². The Morgan fingerprint density at radius 1 is 0.914 bits per heavy atom. The van der Waals surface area contributed by atoms with E-state index >= 15 is 0 Å². The number of thioether (sulfide) groups is 1. The second kappa shape index (κ2) is 18.9. The number of anilines is 1. The smallest absolute Gasteiger partial charge is 0.408 e. The van der Waals surface area contributed by atoms with Gasteiger partial charge in [-0.2, -0.15) is 10.5 Å². The second-order valence-electron chi connectivity index (χ2n) is 15.6. The molecule has 1 fully saturated rings. The van der Waals surface area contributed by atoms with Gasteiger partial charge in [-0.3, -0.25) is 0 Å². The quantitative estimate of drug-likeness (QED) is 0.0911. The normalized spacial score (nSPS) is 13.8. The van der Waals surface area contributed by atoms with Crippen LogP contribution in [0.25, 0.3) is 21.7 Å². The number of nitriles is 2. The number of ether oxygens (including phenoxy) is 3. The molecule has 1 aliphatic heterocycles. The van der Waals surface area contributed by atoms with Crippen LogP contribution < -0.4 is 20.3 Å². The molecule has 1 atom stereocenters. The predicted octanol–water partition coefficient (Wildman–Crippen LogP) is 8.92. The lowest BCUT2D eigenvalue weighted by Gasteiger charge is -2.31. The van der Waals surface area contributed by atoms with E-state index in [0.29, 0.717) is 50.3 Å². The Morgan fingerprint density at radius 3 is 2.14 bits per heavy atom. The van der Waals surface area contributed by atoms with Crippen molar-refractivity contribution in [3.05, 3.63) is 75.8 Å². The van der Waals surface area contributed by atoms with Crippen molar-refractivity contribution in [3.63, 3.8) is 0 Å². The molecule has 0 aliphatic carbocycles. The summed E-state index contributed by atoms with van der Waals surface area (Å²) in [4.78, 5) is 49.6. The van der Waals surface area contributed by atoms with Crippen LogP contribution >= 0.6 is 34.7 Å². The van der Waals surface area contributed by atoms with Gasteiger partial charge in [-0.1, -0.05) is 47.6 Å². The summed E-state index contributed by atoms with van der Waals surface area (Å²) in [6, 6.07) is 19.1. The molecule has 2 aromatic carbocycles. The first-order chi connectivity index (χ1) is 27.5. The van der Waals surface area contributed by atoms with E-state index in [4.69, 9.17) is 35.8 Å². The molecule has 58 heavy (non-hydrogen) atoms. The molecule has 2 aromatic heterocycles. The fraction of sp³-hybridized carbons (Fsp3) is 0.405. The van der Waals surface area contributed by atoms with E-state index in [1.807, 2.05) is 29.6 Å². The highest BCUT2D eigenvalue weighted by Crippen LogP contribution is 2.40. The van der Waals surface area contributed by atoms with E-state index in [9.17, 15) is 24.9 Å². The predicted molar refractivity (Wildman–Crippen MR) is 225 cm³/mol. The Balaban J connectivity index is 1.37. The van der Waals surface area contributed by atoms with Gasteiger partial charge in [0.25, 0.3) is 0 Å². The van der Waals surface area contributed by atoms with Gasteiger partial charge in [0.15, 0.2) is 0 Å². The van der Waals surface area contributed by atoms with Crippen LogP contribution in [0.1, 0.15) is 77.6 Å². The van der Waals surface area contributed by atoms with Crippen LogP contribution in [0, 0.1) is 22.7 Å². The van der Waals surface area contributed by atoms with E-state index in [1.165, 1.54) is 23.1 Å². The van der Waals surface area contributed by atoms with E-state index in [0.717, 1.165) is 42.2 Å². The number of rotatable bonds is 14. The Kier molecular flexibility index (Phi) is 14.3. The van der Waals surface area contributed by atoms with Gasteiger partial charge in [-0.15, -0.1) is 11.3 Å². The minimum atomic E-state index is -1.59. The number of carbonyl (C=O) groups is 3. The average Bonchev–Trinajstić information content (AvgIpc) is 3.88. The Bertz CT molecular complexity index is 2180. The highest BCUT2D eigenvalue weighted by atomic mass is 35.5. The number of hydrogen-bond donors (Lipinski definition) is 2. The number of alkyl carbamates (subject to hydrolysis) is 2. The number of nitrogens with zero attached hydrogens (tertiary/aromatic N) is 5. The maximum atomic E-state index is 12.8. The molecule has 4 aromatic rings. The van der Waals surface area contributed by atoms with Crippen molar-refractivity contribution in [3.8, 4) is 39.6 Å². The number of benzene rings is 2. The number of pyridine rings is 1. The highest BCUT2D eigenvalue weighted by Gasteiger charge is 2.35. The summed E-state index contributed by atoms with van der Waals surface area (Å²) >= 11 is 8.99. The zero-order valence-corrected chi connectivity index (χ0v) is 35.7. The van der Waals surface area contributed by atoms with Gasteiger partial charge >= 0.3 is 12.2 Å². The maximum Gasteiger partial charge on any atom is 0.408 e. The van der Waals surface area contributed by atoms with Crippen LogP contribution in [-0.4, -0.2) is 71.4 Å². The number of nitrogens with one attached hydrogen (secondary N) is 2. The maximum absolute atomic E-state index is 12.8. The summed E-state index contributed by atoms with van der Waals surface area (Å²) in [7, 11) is 0. The van der Waals surface area contributed by atoms with Crippen LogP contribution in [0.2, 0.25) is 5.02 Å². The van der Waals surface area contributed by atoms with Crippen molar-refractivity contribution < 1.29 is 28.6 Å². The molecule has 0 bridgehead atoms. The van der Waals surface area contributed by atoms with Crippen molar-refractivity contribution in [2.24, 2.45) is 0 Å². The van der Waals surface area contributed by atoms with Gasteiger partial charge in [0.2, 0.25) is 0 Å². The topological polar surface area (TPSA) is 180 Å². The molecule has 0 unspecified atom stereocenters. The number of aldehydes is 1. The van der Waals surface area contributed by atoms with E-state index < -0.39 is 28.9 Å². The second-order valence-corrected chi connectivity index (χ2v) is 17.9. The molecule has 3 heterocycles. The van der Waals surface area contributed by atoms with E-state index in [2.05, 4.69) is 27.7 Å². The summed E-state index contributed by atoms with van der Waals surface area (Å²) in [5.74, 6) is 1.43. The molecule has 1 aliphatic rings. The van der Waals surface area contributed by atoms with Crippen LogP contribution in [0.4, 0.5) is 15.4 Å². The van der Waals surface area contributed by atoms with Crippen LogP contribution in [0.5, 0.6) is 5.75 Å². The number of halogens is 1. The van der Waals surface area contributed by atoms with Crippen molar-refractivity contribution >= 4 is 59.0 Å². The summed E-state index contributed by atoms with van der Waals surface area (Å²) in [6.45, 7) is 11.4. The first-order valence-electron chi connectivity index (χ1n) is 18.7. The molecule has 2 N–H and O–H groups in total. The van der Waals surface area contributed by atoms with Gasteiger partial charge in [0.05, 0.1) is 24.4 Å². The number of hydrogen-bond acceptors (Lipinski definition) is 13. The first-order valence-corrected chi connectivity index (χ1v) is 20.9. The average molecular weight is 844 g/mol. The van der Waals surface area contributed by atoms with Crippen molar-refractivity contribution in [2.45, 2.75) is 88.3 Å². The molecule has 16 heteroatoms. The number of aromatic nitrogens is 2. The Morgan fingerprint density at radius 2 is 1.53 bits per heavy atom. The van der Waals surface area contributed by atoms with E-state index in [-0.39, 0.29) is 25.1 Å². The fourth-order valence-corrected chi connectivity index (χ4v) is 7.93. The van der Waals surface area contributed by atoms with Gasteiger partial charge in [0, 0.05) is 46.8 Å². The lowest BCUT2D eigenvalue weighted by atomic mass is 9.96. The van der Waals surface area contributed by atoms with Gasteiger partial charge < -0.3 is 34.5 Å². The molecular formula is C42H46ClN7O6S2. The number of thiazole rings is 1. The lowest BCUT2D eigenvalue weighted by Crippen LogP contribution is -2.58. The summed E-state index contributed by atoms with van der Waals surface area (Å²) in [5.41, 5.74) is 0.300. The van der Waals surface area contributed by atoms with Gasteiger partial charge in [-0.25, -0.2) is 19.6 Å². The SMILES string of the molecule is CC(C)(C)OC(=O)NC[C@](C=O)(CCOc1ccc(-c2c(C#N)c(SCc3csc(-c4ccc(Cl)cc4)n3)nc(N3CCCC3)c2C#N)cc1)NC(=O)OC(C)(C)C. The molecule has 304 valence electrons. The minimum absolute atomic E-state index is 0.0330. The Hall–Kier alpha value is -5.35. The van der Waals surface area contributed by atoms with E-state index in [1.54, 1.807) is 65.8 Å². The zero-order chi connectivity index (χ0) is 42.1. The largest absolute Gasteiger partial charge is 0.493 e. The lowest BCUT2D eigenvalue weighted by molar-refractivity contribution is -0.113. The molecule has 0 radical (unpaired) electrons. The highest BCUT2D eigenvalue weighted by molar-refractivity contribution is 7.98. The third-order valence-corrected chi connectivity index (χ3v) is 10.9. The molecule has 2 amide bonds. The Labute approximate surface area is 352 Å².